The highest BCUT2D eigenvalue weighted by molar-refractivity contribution is 5.88. The van der Waals surface area contributed by atoms with Gasteiger partial charge in [-0.05, 0) is 60.2 Å². The van der Waals surface area contributed by atoms with Gasteiger partial charge in [-0.3, -0.25) is 9.59 Å². The number of aryl methyl sites for hydroxylation is 1. The normalized spacial score (nSPS) is 15.3. The van der Waals surface area contributed by atoms with Crippen molar-refractivity contribution in [2.24, 2.45) is 0 Å². The second kappa shape index (κ2) is 13.4. The highest BCUT2D eigenvalue weighted by atomic mass is 16.7. The fourth-order valence-corrected chi connectivity index (χ4v) is 5.56. The molecule has 210 valence electrons. The molecule has 0 radical (unpaired) electrons. The first-order valence-electron chi connectivity index (χ1n) is 14.2. The number of hydrogen-bond donors (Lipinski definition) is 1. The van der Waals surface area contributed by atoms with E-state index in [1.807, 2.05) is 72.8 Å². The predicted octanol–water partition coefficient (Wildman–Crippen LogP) is 5.45. The van der Waals surface area contributed by atoms with Crippen LogP contribution in [0.25, 0.3) is 0 Å². The molecule has 1 heterocycles. The van der Waals surface area contributed by atoms with Gasteiger partial charge >= 0.3 is 0 Å². The molecular formula is C33H38N2O5. The molecule has 1 atom stereocenters. The van der Waals surface area contributed by atoms with Crippen molar-refractivity contribution in [1.82, 2.24) is 10.2 Å². The third kappa shape index (κ3) is 7.14. The van der Waals surface area contributed by atoms with Gasteiger partial charge in [0.25, 0.3) is 0 Å². The molecule has 40 heavy (non-hydrogen) atoms. The lowest BCUT2D eigenvalue weighted by atomic mass is 9.94. The predicted molar refractivity (Wildman–Crippen MR) is 153 cm³/mol. The molecule has 5 rings (SSSR count). The monoisotopic (exact) mass is 542 g/mol. The summed E-state index contributed by atoms with van der Waals surface area (Å²) in [5, 5.41) is 3.30. The summed E-state index contributed by atoms with van der Waals surface area (Å²) in [5.41, 5.74) is 2.93. The van der Waals surface area contributed by atoms with Crippen LogP contribution >= 0.6 is 0 Å². The second-order valence-electron chi connectivity index (χ2n) is 10.6. The van der Waals surface area contributed by atoms with E-state index >= 15 is 0 Å². The first-order valence-corrected chi connectivity index (χ1v) is 14.2. The lowest BCUT2D eigenvalue weighted by Crippen LogP contribution is -2.52. The van der Waals surface area contributed by atoms with E-state index < -0.39 is 6.04 Å². The molecule has 2 amide bonds. The van der Waals surface area contributed by atoms with Crippen LogP contribution in [-0.4, -0.2) is 42.7 Å². The Bertz CT molecular complexity index is 1290. The van der Waals surface area contributed by atoms with Crippen molar-refractivity contribution in [3.05, 3.63) is 89.5 Å². The highest BCUT2D eigenvalue weighted by Gasteiger charge is 2.32. The van der Waals surface area contributed by atoms with Crippen LogP contribution in [0.2, 0.25) is 0 Å². The molecule has 3 aromatic rings. The molecule has 1 fully saturated rings. The van der Waals surface area contributed by atoms with E-state index in [0.717, 1.165) is 53.9 Å². The number of benzene rings is 3. The van der Waals surface area contributed by atoms with Crippen molar-refractivity contribution in [3.63, 3.8) is 0 Å². The number of ether oxygens (including phenoxy) is 3. The van der Waals surface area contributed by atoms with Crippen molar-refractivity contribution >= 4 is 11.8 Å². The van der Waals surface area contributed by atoms with E-state index in [4.69, 9.17) is 14.2 Å². The van der Waals surface area contributed by atoms with Crippen molar-refractivity contribution in [2.45, 2.75) is 70.0 Å². The Morgan fingerprint density at radius 2 is 1.68 bits per heavy atom. The third-order valence-electron chi connectivity index (χ3n) is 7.77. The first-order chi connectivity index (χ1) is 19.6. The SMILES string of the molecule is COc1cccc(CN(C(=O)CCc2ccc3c(c2)OCO3)[C@H](Cc2ccccc2)C(=O)NC2CCCCC2)c1. The van der Waals surface area contributed by atoms with Gasteiger partial charge in [-0.2, -0.15) is 0 Å². The molecule has 0 unspecified atom stereocenters. The first kappa shape index (κ1) is 27.6. The quantitative estimate of drug-likeness (QED) is 0.349. The van der Waals surface area contributed by atoms with Crippen molar-refractivity contribution in [3.8, 4) is 17.2 Å². The van der Waals surface area contributed by atoms with Gasteiger partial charge in [-0.1, -0.05) is 67.8 Å². The van der Waals surface area contributed by atoms with Crippen LogP contribution in [0.5, 0.6) is 17.2 Å². The van der Waals surface area contributed by atoms with Gasteiger partial charge in [0.2, 0.25) is 18.6 Å². The van der Waals surface area contributed by atoms with Gasteiger partial charge in [0.15, 0.2) is 11.5 Å². The Morgan fingerprint density at radius 1 is 0.900 bits per heavy atom. The second-order valence-corrected chi connectivity index (χ2v) is 10.6. The molecule has 3 aromatic carbocycles. The van der Waals surface area contributed by atoms with E-state index in [-0.39, 0.29) is 31.1 Å². The van der Waals surface area contributed by atoms with Gasteiger partial charge < -0.3 is 24.4 Å². The molecule has 1 saturated carbocycles. The maximum atomic E-state index is 14.0. The molecule has 1 aliphatic heterocycles. The molecule has 7 heteroatoms. The van der Waals surface area contributed by atoms with Crippen LogP contribution in [0.1, 0.15) is 55.2 Å². The molecule has 0 saturated heterocycles. The lowest BCUT2D eigenvalue weighted by Gasteiger charge is -2.33. The number of hydrogen-bond acceptors (Lipinski definition) is 5. The summed E-state index contributed by atoms with van der Waals surface area (Å²) in [6.45, 7) is 0.524. The minimum atomic E-state index is -0.639. The Labute approximate surface area is 236 Å². The van der Waals surface area contributed by atoms with E-state index in [0.29, 0.717) is 25.1 Å². The van der Waals surface area contributed by atoms with Crippen molar-refractivity contribution < 1.29 is 23.8 Å². The van der Waals surface area contributed by atoms with Crippen molar-refractivity contribution in [1.29, 1.82) is 0 Å². The topological polar surface area (TPSA) is 77.1 Å². The summed E-state index contributed by atoms with van der Waals surface area (Å²) in [7, 11) is 1.63. The van der Waals surface area contributed by atoms with Gasteiger partial charge in [0.1, 0.15) is 11.8 Å². The summed E-state index contributed by atoms with van der Waals surface area (Å²) in [6.07, 6.45) is 6.67. The van der Waals surface area contributed by atoms with Gasteiger partial charge in [-0.15, -0.1) is 0 Å². The highest BCUT2D eigenvalue weighted by Crippen LogP contribution is 2.33. The number of amides is 2. The molecule has 1 aliphatic carbocycles. The van der Waals surface area contributed by atoms with Crippen LogP contribution in [-0.2, 0) is 29.0 Å². The Morgan fingerprint density at radius 3 is 2.48 bits per heavy atom. The average Bonchev–Trinajstić information content (AvgIpc) is 3.47. The number of carbonyl (C=O) groups excluding carboxylic acids is 2. The fraction of sp³-hybridized carbons (Fsp3) is 0.394. The summed E-state index contributed by atoms with van der Waals surface area (Å²) >= 11 is 0. The smallest absolute Gasteiger partial charge is 0.243 e. The molecule has 2 aliphatic rings. The number of fused-ring (bicyclic) bond motifs is 1. The molecule has 7 nitrogen and oxygen atoms in total. The van der Waals surface area contributed by atoms with E-state index in [1.165, 1.54) is 6.42 Å². The number of methoxy groups -OCH3 is 1. The number of nitrogens with one attached hydrogen (secondary N) is 1. The van der Waals surface area contributed by atoms with Crippen LogP contribution in [0, 0.1) is 0 Å². The Hall–Kier alpha value is -4.00. The van der Waals surface area contributed by atoms with Gasteiger partial charge in [0.05, 0.1) is 7.11 Å². The minimum Gasteiger partial charge on any atom is -0.497 e. The third-order valence-corrected chi connectivity index (χ3v) is 7.77. The van der Waals surface area contributed by atoms with E-state index in [2.05, 4.69) is 5.32 Å². The summed E-state index contributed by atoms with van der Waals surface area (Å²) in [5.74, 6) is 1.98. The average molecular weight is 543 g/mol. The fourth-order valence-electron chi connectivity index (χ4n) is 5.56. The molecule has 0 aromatic heterocycles. The summed E-state index contributed by atoms with van der Waals surface area (Å²) in [4.78, 5) is 29.7. The number of nitrogens with zero attached hydrogens (tertiary/aromatic N) is 1. The summed E-state index contributed by atoms with van der Waals surface area (Å²) in [6, 6.07) is 22.9. The van der Waals surface area contributed by atoms with Crippen LogP contribution in [0.3, 0.4) is 0 Å². The van der Waals surface area contributed by atoms with Crippen LogP contribution in [0.4, 0.5) is 0 Å². The number of carbonyl (C=O) groups is 2. The van der Waals surface area contributed by atoms with Crippen LogP contribution in [0.15, 0.2) is 72.8 Å². The maximum absolute atomic E-state index is 14.0. The Balaban J connectivity index is 1.41. The van der Waals surface area contributed by atoms with Crippen molar-refractivity contribution in [2.75, 3.05) is 13.9 Å². The van der Waals surface area contributed by atoms with E-state index in [9.17, 15) is 9.59 Å². The van der Waals surface area contributed by atoms with Gasteiger partial charge in [0, 0.05) is 25.4 Å². The zero-order valence-electron chi connectivity index (χ0n) is 23.1. The molecule has 0 bridgehead atoms. The zero-order valence-corrected chi connectivity index (χ0v) is 23.1. The summed E-state index contributed by atoms with van der Waals surface area (Å²) < 4.78 is 16.4. The molecule has 1 N–H and O–H groups in total. The number of rotatable bonds is 11. The molecular weight excluding hydrogens is 504 g/mol. The molecule has 0 spiro atoms. The maximum Gasteiger partial charge on any atom is 0.243 e. The zero-order chi connectivity index (χ0) is 27.7. The lowest BCUT2D eigenvalue weighted by molar-refractivity contribution is -0.141. The minimum absolute atomic E-state index is 0.0692. The largest absolute Gasteiger partial charge is 0.497 e. The standard InChI is InChI=1S/C33H38N2O5/c1-38-28-14-8-11-26(19-28)22-35(32(36)18-16-25-15-17-30-31(21-25)40-23-39-30)29(20-24-9-4-2-5-10-24)33(37)34-27-12-6-3-7-13-27/h2,4-5,8-11,14-15,17,19,21,27,29H,3,6-7,12-13,16,18,20,22-23H2,1H3,(H,34,37)/t29-/m1/s1. The van der Waals surface area contributed by atoms with Crippen LogP contribution < -0.4 is 19.5 Å². The van der Waals surface area contributed by atoms with Gasteiger partial charge in [-0.25, -0.2) is 0 Å². The Kier molecular flexibility index (Phi) is 9.22. The van der Waals surface area contributed by atoms with E-state index in [1.54, 1.807) is 12.0 Å².